The molecule has 4 nitrogen and oxygen atoms in total. The van der Waals surface area contributed by atoms with E-state index >= 15 is 0 Å². The van der Waals surface area contributed by atoms with Crippen LogP contribution in [0.15, 0.2) is 12.2 Å². The van der Waals surface area contributed by atoms with Gasteiger partial charge in [-0.3, -0.25) is 0 Å². The number of alkyl halides is 1. The van der Waals surface area contributed by atoms with Crippen molar-refractivity contribution in [2.75, 3.05) is 19.3 Å². The van der Waals surface area contributed by atoms with Gasteiger partial charge in [-0.05, 0) is 6.42 Å². The van der Waals surface area contributed by atoms with Gasteiger partial charge in [0.1, 0.15) is 5.60 Å². The van der Waals surface area contributed by atoms with E-state index in [1.807, 2.05) is 12.2 Å². The number of hydrogen-bond acceptors (Lipinski definition) is 3. The Kier molecular flexibility index (Phi) is 1.82. The molecule has 0 aromatic rings. The summed E-state index contributed by atoms with van der Waals surface area (Å²) in [5, 5.41) is 0. The van der Waals surface area contributed by atoms with E-state index in [2.05, 4.69) is 15.9 Å². The summed E-state index contributed by atoms with van der Waals surface area (Å²) in [4.78, 5) is 0. The van der Waals surface area contributed by atoms with E-state index in [1.165, 1.54) is 10.6 Å². The van der Waals surface area contributed by atoms with Crippen molar-refractivity contribution in [3.63, 3.8) is 0 Å². The molecular weight excluding hydrogens is 282 g/mol. The molecule has 0 saturated carbocycles. The minimum Gasteiger partial charge on any atom is -0.361 e. The molecule has 0 amide bonds. The van der Waals surface area contributed by atoms with Crippen LogP contribution < -0.4 is 0 Å². The lowest BCUT2D eigenvalue weighted by molar-refractivity contribution is 0.0342. The SMILES string of the molecule is CS(=O)(=O)N1C[C@]2(Br)C[C@H]3C=C[C@]2(C1)O3. The molecule has 3 heterocycles. The van der Waals surface area contributed by atoms with Crippen molar-refractivity contribution in [3.05, 3.63) is 12.2 Å². The number of halogens is 1. The number of fused-ring (bicyclic) bond motifs is 1. The number of sulfonamides is 1. The van der Waals surface area contributed by atoms with Crippen LogP contribution in [0, 0.1) is 0 Å². The lowest BCUT2D eigenvalue weighted by Crippen LogP contribution is -2.43. The van der Waals surface area contributed by atoms with Crippen molar-refractivity contribution in [3.8, 4) is 0 Å². The fourth-order valence-electron chi connectivity index (χ4n) is 2.73. The van der Waals surface area contributed by atoms with E-state index in [1.54, 1.807) is 0 Å². The monoisotopic (exact) mass is 293 g/mol. The average molecular weight is 294 g/mol. The lowest BCUT2D eigenvalue weighted by Gasteiger charge is -2.29. The van der Waals surface area contributed by atoms with Gasteiger partial charge < -0.3 is 4.74 Å². The third-order valence-corrected chi connectivity index (χ3v) is 5.97. The summed E-state index contributed by atoms with van der Waals surface area (Å²) in [5.41, 5.74) is -0.430. The van der Waals surface area contributed by atoms with E-state index < -0.39 is 15.6 Å². The third-order valence-electron chi connectivity index (χ3n) is 3.53. The Balaban J connectivity index is 2.01. The highest BCUT2D eigenvalue weighted by molar-refractivity contribution is 9.10. The van der Waals surface area contributed by atoms with Gasteiger partial charge in [0, 0.05) is 13.1 Å². The maximum Gasteiger partial charge on any atom is 0.211 e. The minimum absolute atomic E-state index is 0.158. The van der Waals surface area contributed by atoms with E-state index in [9.17, 15) is 8.42 Å². The van der Waals surface area contributed by atoms with E-state index in [0.29, 0.717) is 13.1 Å². The molecule has 0 aromatic carbocycles. The Bertz CT molecular complexity index is 448. The van der Waals surface area contributed by atoms with Gasteiger partial charge in [0.05, 0.1) is 16.7 Å². The fourth-order valence-corrected chi connectivity index (χ4v) is 4.75. The zero-order valence-corrected chi connectivity index (χ0v) is 10.7. The largest absolute Gasteiger partial charge is 0.361 e. The van der Waals surface area contributed by atoms with Crippen LogP contribution in [-0.2, 0) is 14.8 Å². The van der Waals surface area contributed by atoms with Crippen LogP contribution in [0.4, 0.5) is 0 Å². The first-order valence-corrected chi connectivity index (χ1v) is 7.50. The summed E-state index contributed by atoms with van der Waals surface area (Å²) < 4.78 is 30.1. The number of ether oxygens (including phenoxy) is 1. The van der Waals surface area contributed by atoms with Gasteiger partial charge in [0.25, 0.3) is 0 Å². The molecule has 2 bridgehead atoms. The van der Waals surface area contributed by atoms with Gasteiger partial charge in [0.2, 0.25) is 10.0 Å². The van der Waals surface area contributed by atoms with Crippen LogP contribution in [-0.4, -0.2) is 48.1 Å². The van der Waals surface area contributed by atoms with Gasteiger partial charge in [0.15, 0.2) is 0 Å². The highest BCUT2D eigenvalue weighted by Gasteiger charge is 2.65. The summed E-state index contributed by atoms with van der Waals surface area (Å²) in [7, 11) is -3.12. The van der Waals surface area contributed by atoms with Crippen molar-refractivity contribution < 1.29 is 13.2 Å². The summed E-state index contributed by atoms with van der Waals surface area (Å²) in [6, 6.07) is 0. The summed E-state index contributed by atoms with van der Waals surface area (Å²) in [6.45, 7) is 0.941. The first-order valence-electron chi connectivity index (χ1n) is 4.86. The fraction of sp³-hybridized carbons (Fsp3) is 0.778. The van der Waals surface area contributed by atoms with Crippen LogP contribution in [0.2, 0.25) is 0 Å². The molecule has 3 aliphatic rings. The molecule has 2 fully saturated rings. The Labute approximate surface area is 97.5 Å². The summed E-state index contributed by atoms with van der Waals surface area (Å²) >= 11 is 3.67. The molecule has 0 unspecified atom stereocenters. The third kappa shape index (κ3) is 1.22. The highest BCUT2D eigenvalue weighted by Crippen LogP contribution is 2.55. The van der Waals surface area contributed by atoms with Crippen LogP contribution in [0.25, 0.3) is 0 Å². The van der Waals surface area contributed by atoms with Gasteiger partial charge in [-0.25, -0.2) is 8.42 Å². The molecule has 0 aromatic heterocycles. The predicted molar refractivity (Wildman–Crippen MR) is 59.4 cm³/mol. The van der Waals surface area contributed by atoms with Gasteiger partial charge in [-0.15, -0.1) is 0 Å². The zero-order valence-electron chi connectivity index (χ0n) is 8.31. The molecule has 2 saturated heterocycles. The van der Waals surface area contributed by atoms with E-state index in [-0.39, 0.29) is 10.4 Å². The standard InChI is InChI=1S/C9H12BrNO3S/c1-15(12,13)11-5-8(10)4-7-2-3-9(8,6-11)14-7/h2-3,7H,4-6H2,1H3/t7-,8-,9-/m1/s1. The maximum absolute atomic E-state index is 11.5. The molecule has 3 rings (SSSR count). The second-order valence-electron chi connectivity index (χ2n) is 4.61. The minimum atomic E-state index is -3.12. The van der Waals surface area contributed by atoms with Crippen LogP contribution in [0.5, 0.6) is 0 Å². The molecule has 3 aliphatic heterocycles. The van der Waals surface area contributed by atoms with Crippen molar-refractivity contribution in [1.82, 2.24) is 4.31 Å². The molecule has 0 radical (unpaired) electrons. The number of hydrogen-bond donors (Lipinski definition) is 0. The summed E-state index contributed by atoms with van der Waals surface area (Å²) in [5.74, 6) is 0. The van der Waals surface area contributed by atoms with Crippen molar-refractivity contribution in [2.45, 2.75) is 22.5 Å². The van der Waals surface area contributed by atoms with Crippen LogP contribution >= 0.6 is 15.9 Å². The topological polar surface area (TPSA) is 46.6 Å². The van der Waals surface area contributed by atoms with E-state index in [4.69, 9.17) is 4.74 Å². The first kappa shape index (κ1) is 10.3. The molecule has 3 atom stereocenters. The Hall–Kier alpha value is 0.0900. The molecule has 0 aliphatic carbocycles. The zero-order chi connectivity index (χ0) is 10.9. The van der Waals surface area contributed by atoms with Crippen LogP contribution in [0.3, 0.4) is 0 Å². The lowest BCUT2D eigenvalue weighted by atomic mass is 9.86. The van der Waals surface area contributed by atoms with Crippen molar-refractivity contribution in [2.24, 2.45) is 0 Å². The predicted octanol–water partition coefficient (Wildman–Crippen LogP) is 0.493. The normalized spacial score (nSPS) is 48.8. The number of nitrogens with zero attached hydrogens (tertiary/aromatic N) is 1. The van der Waals surface area contributed by atoms with Gasteiger partial charge >= 0.3 is 0 Å². The second-order valence-corrected chi connectivity index (χ2v) is 8.11. The molecule has 6 heteroatoms. The van der Waals surface area contributed by atoms with Gasteiger partial charge in [-0.2, -0.15) is 4.31 Å². The first-order chi connectivity index (χ1) is 6.85. The molecule has 15 heavy (non-hydrogen) atoms. The average Bonchev–Trinajstić information content (AvgIpc) is 2.63. The maximum atomic E-state index is 11.5. The van der Waals surface area contributed by atoms with Gasteiger partial charge in [-0.1, -0.05) is 28.1 Å². The second kappa shape index (κ2) is 2.67. The van der Waals surface area contributed by atoms with E-state index in [0.717, 1.165) is 6.42 Å². The Morgan fingerprint density at radius 1 is 1.53 bits per heavy atom. The molecule has 0 N–H and O–H groups in total. The Morgan fingerprint density at radius 2 is 2.27 bits per heavy atom. The Morgan fingerprint density at radius 3 is 2.80 bits per heavy atom. The quantitative estimate of drug-likeness (QED) is 0.522. The molecule has 1 spiro atoms. The smallest absolute Gasteiger partial charge is 0.211 e. The molecular formula is C9H12BrNO3S. The van der Waals surface area contributed by atoms with Crippen molar-refractivity contribution >= 4 is 26.0 Å². The van der Waals surface area contributed by atoms with Crippen LogP contribution in [0.1, 0.15) is 6.42 Å². The van der Waals surface area contributed by atoms with Crippen molar-refractivity contribution in [1.29, 1.82) is 0 Å². The summed E-state index contributed by atoms with van der Waals surface area (Å²) in [6.07, 6.45) is 6.31. The molecule has 84 valence electrons. The number of rotatable bonds is 1. The highest BCUT2D eigenvalue weighted by atomic mass is 79.9.